The lowest BCUT2D eigenvalue weighted by Crippen LogP contribution is -2.32. The van der Waals surface area contributed by atoms with Gasteiger partial charge in [-0.05, 0) is 18.2 Å². The molecule has 7 heteroatoms. The minimum atomic E-state index is -1.09. The zero-order valence-electron chi connectivity index (χ0n) is 8.94. The number of hydrazone groups is 1. The maximum Gasteiger partial charge on any atom is 0.329 e. The van der Waals surface area contributed by atoms with E-state index in [1.54, 1.807) is 18.2 Å². The van der Waals surface area contributed by atoms with Crippen LogP contribution in [0, 0.1) is 0 Å². The number of halogens is 1. The second-order valence-electron chi connectivity index (χ2n) is 2.95. The number of carbonyl (C=O) groups excluding carboxylic acids is 2. The van der Waals surface area contributed by atoms with Crippen LogP contribution < -0.4 is 15.9 Å². The number of methoxy groups -OCH3 is 1. The van der Waals surface area contributed by atoms with Crippen molar-refractivity contribution < 1.29 is 14.3 Å². The maximum atomic E-state index is 10.8. The summed E-state index contributed by atoms with van der Waals surface area (Å²) in [5.74, 6) is -1.48. The SMILES string of the molecule is COc1ccc(Br)cc1/C=N/NC(=O)C(N)=O. The molecular formula is C10H10BrN3O3. The van der Waals surface area contributed by atoms with Crippen molar-refractivity contribution >= 4 is 34.0 Å². The highest BCUT2D eigenvalue weighted by atomic mass is 79.9. The quantitative estimate of drug-likeness (QED) is 0.480. The first-order valence-electron chi connectivity index (χ1n) is 4.51. The predicted molar refractivity (Wildman–Crippen MR) is 65.6 cm³/mol. The Morgan fingerprint density at radius 2 is 2.24 bits per heavy atom. The van der Waals surface area contributed by atoms with Crippen LogP contribution in [0.1, 0.15) is 5.56 Å². The van der Waals surface area contributed by atoms with Crippen molar-refractivity contribution in [1.82, 2.24) is 5.43 Å². The Labute approximate surface area is 106 Å². The minimum Gasteiger partial charge on any atom is -0.496 e. The number of amides is 2. The van der Waals surface area contributed by atoms with E-state index in [1.165, 1.54) is 13.3 Å². The molecule has 0 heterocycles. The lowest BCUT2D eigenvalue weighted by atomic mass is 10.2. The average Bonchev–Trinajstić information content (AvgIpc) is 2.29. The topological polar surface area (TPSA) is 93.8 Å². The van der Waals surface area contributed by atoms with E-state index in [2.05, 4.69) is 21.0 Å². The fourth-order valence-corrected chi connectivity index (χ4v) is 1.40. The Hall–Kier alpha value is -1.89. The van der Waals surface area contributed by atoms with E-state index < -0.39 is 11.8 Å². The Morgan fingerprint density at radius 3 is 2.82 bits per heavy atom. The van der Waals surface area contributed by atoms with Crippen molar-refractivity contribution in [3.8, 4) is 5.75 Å². The second kappa shape index (κ2) is 6.00. The van der Waals surface area contributed by atoms with Crippen LogP contribution in [-0.4, -0.2) is 25.1 Å². The molecule has 90 valence electrons. The summed E-state index contributed by atoms with van der Waals surface area (Å²) >= 11 is 3.29. The number of hydrogen-bond acceptors (Lipinski definition) is 4. The third-order valence-corrected chi connectivity index (χ3v) is 2.28. The van der Waals surface area contributed by atoms with Crippen LogP contribution >= 0.6 is 15.9 Å². The van der Waals surface area contributed by atoms with Gasteiger partial charge in [0, 0.05) is 10.0 Å². The van der Waals surface area contributed by atoms with Crippen molar-refractivity contribution in [2.45, 2.75) is 0 Å². The Balaban J connectivity index is 2.80. The molecule has 1 rings (SSSR count). The molecule has 0 aliphatic heterocycles. The number of nitrogens with zero attached hydrogens (tertiary/aromatic N) is 1. The van der Waals surface area contributed by atoms with Gasteiger partial charge in [-0.15, -0.1) is 0 Å². The van der Waals surface area contributed by atoms with E-state index in [9.17, 15) is 9.59 Å². The summed E-state index contributed by atoms with van der Waals surface area (Å²) < 4.78 is 5.92. The number of nitrogens with one attached hydrogen (secondary N) is 1. The predicted octanol–water partition coefficient (Wildman–Crippen LogP) is 0.393. The first kappa shape index (κ1) is 13.2. The molecule has 3 N–H and O–H groups in total. The number of nitrogens with two attached hydrogens (primary N) is 1. The molecule has 1 aromatic rings. The Morgan fingerprint density at radius 1 is 1.53 bits per heavy atom. The Bertz CT molecular complexity index is 474. The van der Waals surface area contributed by atoms with Gasteiger partial charge in [-0.1, -0.05) is 15.9 Å². The summed E-state index contributed by atoms with van der Waals surface area (Å²) in [7, 11) is 1.52. The first-order chi connectivity index (χ1) is 8.04. The molecule has 0 saturated carbocycles. The van der Waals surface area contributed by atoms with Crippen molar-refractivity contribution in [3.05, 3.63) is 28.2 Å². The number of primary amides is 1. The van der Waals surface area contributed by atoms with Crippen LogP contribution in [0.25, 0.3) is 0 Å². The maximum absolute atomic E-state index is 10.8. The van der Waals surface area contributed by atoms with Gasteiger partial charge in [0.05, 0.1) is 13.3 Å². The van der Waals surface area contributed by atoms with Gasteiger partial charge in [0.25, 0.3) is 0 Å². The molecule has 0 aromatic heterocycles. The molecule has 0 fully saturated rings. The van der Waals surface area contributed by atoms with E-state index >= 15 is 0 Å². The highest BCUT2D eigenvalue weighted by molar-refractivity contribution is 9.10. The molecule has 1 aromatic carbocycles. The van der Waals surface area contributed by atoms with Crippen LogP contribution in [0.2, 0.25) is 0 Å². The summed E-state index contributed by atoms with van der Waals surface area (Å²) in [6.07, 6.45) is 1.35. The molecule has 0 bridgehead atoms. The molecule has 6 nitrogen and oxygen atoms in total. The standard InChI is InChI=1S/C10H10BrN3O3/c1-17-8-3-2-7(11)4-6(8)5-13-14-10(16)9(12)15/h2-5H,1H3,(H2,12,15)(H,14,16)/b13-5+. The molecule has 0 aliphatic carbocycles. The van der Waals surface area contributed by atoms with Crippen LogP contribution in [0.4, 0.5) is 0 Å². The van der Waals surface area contributed by atoms with Crippen molar-refractivity contribution in [2.24, 2.45) is 10.8 Å². The molecule has 0 aliphatic rings. The van der Waals surface area contributed by atoms with Gasteiger partial charge in [0.15, 0.2) is 0 Å². The van der Waals surface area contributed by atoms with Gasteiger partial charge in [-0.2, -0.15) is 5.10 Å². The van der Waals surface area contributed by atoms with Crippen LogP contribution in [0.3, 0.4) is 0 Å². The summed E-state index contributed by atoms with van der Waals surface area (Å²) in [6.45, 7) is 0. The molecule has 2 amide bonds. The Kier molecular flexibility index (Phi) is 4.65. The third-order valence-electron chi connectivity index (χ3n) is 1.79. The molecule has 0 atom stereocenters. The number of carbonyl (C=O) groups is 2. The van der Waals surface area contributed by atoms with E-state index in [4.69, 9.17) is 10.5 Å². The number of ether oxygens (including phenoxy) is 1. The number of hydrogen-bond donors (Lipinski definition) is 2. The lowest BCUT2D eigenvalue weighted by molar-refractivity contribution is -0.137. The van der Waals surface area contributed by atoms with Crippen molar-refractivity contribution in [2.75, 3.05) is 7.11 Å². The lowest BCUT2D eigenvalue weighted by Gasteiger charge is -2.04. The normalized spacial score (nSPS) is 10.2. The summed E-state index contributed by atoms with van der Waals surface area (Å²) in [6, 6.07) is 5.29. The van der Waals surface area contributed by atoms with Gasteiger partial charge >= 0.3 is 11.8 Å². The van der Waals surface area contributed by atoms with E-state index in [-0.39, 0.29) is 0 Å². The highest BCUT2D eigenvalue weighted by Gasteiger charge is 2.06. The van der Waals surface area contributed by atoms with Gasteiger partial charge < -0.3 is 10.5 Å². The number of benzene rings is 1. The molecule has 0 unspecified atom stereocenters. The van der Waals surface area contributed by atoms with E-state index in [1.807, 2.05) is 5.43 Å². The fraction of sp³-hybridized carbons (Fsp3) is 0.100. The molecule has 0 spiro atoms. The molecular weight excluding hydrogens is 290 g/mol. The minimum absolute atomic E-state index is 0.588. The highest BCUT2D eigenvalue weighted by Crippen LogP contribution is 2.21. The summed E-state index contributed by atoms with van der Waals surface area (Å²) in [4.78, 5) is 21.2. The first-order valence-corrected chi connectivity index (χ1v) is 5.30. The van der Waals surface area contributed by atoms with Gasteiger partial charge in [-0.25, -0.2) is 5.43 Å². The summed E-state index contributed by atoms with van der Waals surface area (Å²) in [5.41, 5.74) is 7.37. The van der Waals surface area contributed by atoms with Crippen LogP contribution in [0.15, 0.2) is 27.8 Å². The number of rotatable bonds is 3. The smallest absolute Gasteiger partial charge is 0.329 e. The van der Waals surface area contributed by atoms with Crippen LogP contribution in [-0.2, 0) is 9.59 Å². The largest absolute Gasteiger partial charge is 0.496 e. The van der Waals surface area contributed by atoms with Crippen molar-refractivity contribution in [1.29, 1.82) is 0 Å². The second-order valence-corrected chi connectivity index (χ2v) is 3.87. The van der Waals surface area contributed by atoms with Gasteiger partial charge in [0.2, 0.25) is 0 Å². The van der Waals surface area contributed by atoms with Crippen LogP contribution in [0.5, 0.6) is 5.75 Å². The molecule has 0 radical (unpaired) electrons. The molecule has 17 heavy (non-hydrogen) atoms. The van der Waals surface area contributed by atoms with Crippen molar-refractivity contribution in [3.63, 3.8) is 0 Å². The zero-order chi connectivity index (χ0) is 12.8. The average molecular weight is 300 g/mol. The van der Waals surface area contributed by atoms with Gasteiger partial charge in [0.1, 0.15) is 5.75 Å². The monoisotopic (exact) mass is 299 g/mol. The van der Waals surface area contributed by atoms with E-state index in [0.717, 1.165) is 4.47 Å². The zero-order valence-corrected chi connectivity index (χ0v) is 10.5. The van der Waals surface area contributed by atoms with E-state index in [0.29, 0.717) is 11.3 Å². The fourth-order valence-electron chi connectivity index (χ4n) is 1.02. The molecule has 0 saturated heterocycles. The summed E-state index contributed by atoms with van der Waals surface area (Å²) in [5, 5.41) is 3.59. The van der Waals surface area contributed by atoms with Gasteiger partial charge in [-0.3, -0.25) is 9.59 Å². The third kappa shape index (κ3) is 3.87.